The van der Waals surface area contributed by atoms with E-state index >= 15 is 0 Å². The van der Waals surface area contributed by atoms with E-state index < -0.39 is 0 Å². The van der Waals surface area contributed by atoms with Crippen molar-refractivity contribution in [2.75, 3.05) is 0 Å². The minimum Gasteiger partial charge on any atom is -0.355 e. The Morgan fingerprint density at radius 3 is 0.927 bits per heavy atom. The van der Waals surface area contributed by atoms with Gasteiger partial charge in [-0.25, -0.2) is 9.97 Å². The summed E-state index contributed by atoms with van der Waals surface area (Å²) in [5.41, 5.74) is 20.2. The first-order valence-corrected chi connectivity index (χ1v) is 15.7. The molecule has 3 aromatic rings. The first-order chi connectivity index (χ1) is 19.5. The maximum atomic E-state index is 5.28. The molecule has 1 radical (unpaired) electrons. The van der Waals surface area contributed by atoms with Gasteiger partial charge >= 0.3 is 0 Å². The zero-order valence-electron chi connectivity index (χ0n) is 26.2. The molecular weight excluding hydrogens is 685 g/mol. The Morgan fingerprint density at radius 2 is 0.659 bits per heavy atom. The predicted octanol–water partition coefficient (Wildman–Crippen LogP) is 10.0. The maximum absolute atomic E-state index is 5.28. The van der Waals surface area contributed by atoms with Crippen molar-refractivity contribution in [1.82, 2.24) is 19.9 Å². The Kier molecular flexibility index (Phi) is 10.00. The van der Waals surface area contributed by atoms with Crippen LogP contribution < -0.4 is 0 Å². The molecule has 0 saturated heterocycles. The van der Waals surface area contributed by atoms with E-state index in [9.17, 15) is 0 Å². The number of rotatable bonds is 8. The molecule has 8 bridgehead atoms. The standard InChI is InChI=1S/C36H46N4.Au/c1-9-21-22(10-2)30-18-32-25(13-5)26(14-6)34(39-32)20-36-28(16-8)27(15-7)35(40-36)19-33-24(12-4)23(11-3)31(38-33)17-29(21)37-30;/h17-20,37-38H,9-16H2,1-8H3;. The van der Waals surface area contributed by atoms with Gasteiger partial charge in [-0.05, 0) is 120 Å². The van der Waals surface area contributed by atoms with Crippen LogP contribution in [-0.2, 0) is 48.1 Å². The summed E-state index contributed by atoms with van der Waals surface area (Å²) in [5.74, 6) is 0. The van der Waals surface area contributed by atoms with Crippen LogP contribution in [0.4, 0.5) is 0 Å². The van der Waals surface area contributed by atoms with Gasteiger partial charge in [-0.1, -0.05) is 55.4 Å². The zero-order valence-corrected chi connectivity index (χ0v) is 28.3. The fourth-order valence-corrected chi connectivity index (χ4v) is 7.10. The van der Waals surface area contributed by atoms with Crippen LogP contribution in [-0.4, -0.2) is 19.9 Å². The molecule has 0 amide bonds. The van der Waals surface area contributed by atoms with Crippen molar-refractivity contribution < 1.29 is 22.4 Å². The molecule has 0 unspecified atom stereocenters. The summed E-state index contributed by atoms with van der Waals surface area (Å²) >= 11 is 0. The van der Waals surface area contributed by atoms with Gasteiger partial charge in [0.05, 0.1) is 22.8 Å². The Hall–Kier alpha value is -2.66. The average molecular weight is 732 g/mol. The van der Waals surface area contributed by atoms with Crippen molar-refractivity contribution in [3.63, 3.8) is 0 Å². The van der Waals surface area contributed by atoms with Gasteiger partial charge in [0.1, 0.15) is 0 Å². The Morgan fingerprint density at radius 1 is 0.390 bits per heavy atom. The molecule has 0 aromatic carbocycles. The van der Waals surface area contributed by atoms with Crippen LogP contribution in [0.5, 0.6) is 0 Å². The molecule has 2 aliphatic rings. The molecule has 0 aliphatic carbocycles. The second-order valence-corrected chi connectivity index (χ2v) is 10.9. The zero-order chi connectivity index (χ0) is 28.6. The summed E-state index contributed by atoms with van der Waals surface area (Å²) < 4.78 is 0. The first kappa shape index (κ1) is 31.3. The maximum Gasteiger partial charge on any atom is 0.0694 e. The van der Waals surface area contributed by atoms with E-state index in [1.807, 2.05) is 0 Å². The number of fused-ring (bicyclic) bond motifs is 8. The molecule has 5 rings (SSSR count). The van der Waals surface area contributed by atoms with Crippen molar-refractivity contribution in [3.05, 3.63) is 69.3 Å². The second kappa shape index (κ2) is 13.1. The summed E-state index contributed by atoms with van der Waals surface area (Å²) in [4.78, 5) is 18.2. The molecule has 3 aromatic heterocycles. The first-order valence-electron chi connectivity index (χ1n) is 15.7. The third kappa shape index (κ3) is 5.35. The van der Waals surface area contributed by atoms with Crippen LogP contribution >= 0.6 is 0 Å². The number of aromatic nitrogens is 4. The number of aryl methyl sites for hydroxylation is 4. The van der Waals surface area contributed by atoms with Crippen LogP contribution in [0.2, 0.25) is 0 Å². The molecule has 0 saturated carbocycles. The number of nitrogens with zero attached hydrogens (tertiary/aromatic N) is 2. The molecule has 0 fully saturated rings. The number of hydrogen-bond acceptors (Lipinski definition) is 2. The van der Waals surface area contributed by atoms with Crippen molar-refractivity contribution in [3.8, 4) is 0 Å². The number of aromatic amines is 2. The topological polar surface area (TPSA) is 57.4 Å². The summed E-state index contributed by atoms with van der Waals surface area (Å²) in [5, 5.41) is 0. The van der Waals surface area contributed by atoms with Crippen LogP contribution in [0, 0.1) is 0 Å². The van der Waals surface area contributed by atoms with Gasteiger partial charge in [-0.3, -0.25) is 0 Å². The molecule has 221 valence electrons. The number of nitrogens with one attached hydrogen (secondary N) is 2. The SMILES string of the molecule is CCC1=C(CC)c2cc3[nH]c(cc4[nH]c(cc5nc(cc1n2)C(CC)=C5CC)c(CC)c4CC)c(CC)c3CC.[Au]. The van der Waals surface area contributed by atoms with E-state index in [0.717, 1.165) is 74.1 Å². The van der Waals surface area contributed by atoms with Gasteiger partial charge in [-0.2, -0.15) is 0 Å². The van der Waals surface area contributed by atoms with E-state index in [1.165, 1.54) is 66.6 Å². The predicted molar refractivity (Wildman–Crippen MR) is 173 cm³/mol. The van der Waals surface area contributed by atoms with Crippen molar-refractivity contribution in [2.45, 2.75) is 107 Å². The third-order valence-corrected chi connectivity index (χ3v) is 8.97. The fraction of sp³-hybridized carbons (Fsp3) is 0.444. The monoisotopic (exact) mass is 731 g/mol. The van der Waals surface area contributed by atoms with Crippen molar-refractivity contribution in [1.29, 1.82) is 0 Å². The molecule has 5 heterocycles. The number of hydrogen-bond donors (Lipinski definition) is 2. The number of H-pyrrole nitrogens is 2. The smallest absolute Gasteiger partial charge is 0.0694 e. The Balaban J connectivity index is 0.00000387. The summed E-state index contributed by atoms with van der Waals surface area (Å²) in [6, 6.07) is 9.24. The quantitative estimate of drug-likeness (QED) is 0.227. The molecule has 2 aliphatic heterocycles. The van der Waals surface area contributed by atoms with E-state index in [-0.39, 0.29) is 22.4 Å². The summed E-state index contributed by atoms with van der Waals surface area (Å²) in [6.07, 6.45) is 7.84. The van der Waals surface area contributed by atoms with E-state index in [2.05, 4.69) is 89.6 Å². The van der Waals surface area contributed by atoms with Gasteiger partial charge in [0.15, 0.2) is 0 Å². The molecule has 4 nitrogen and oxygen atoms in total. The molecule has 0 atom stereocenters. The molecule has 5 heteroatoms. The number of allylic oxidation sites excluding steroid dienone is 4. The van der Waals surface area contributed by atoms with Gasteiger partial charge in [-0.15, -0.1) is 0 Å². The molecule has 41 heavy (non-hydrogen) atoms. The minimum atomic E-state index is 0. The third-order valence-electron chi connectivity index (χ3n) is 8.97. The summed E-state index contributed by atoms with van der Waals surface area (Å²) in [7, 11) is 0. The molecule has 0 spiro atoms. The van der Waals surface area contributed by atoms with Crippen LogP contribution in [0.15, 0.2) is 24.3 Å². The van der Waals surface area contributed by atoms with Gasteiger partial charge in [0, 0.05) is 44.4 Å². The van der Waals surface area contributed by atoms with Gasteiger partial charge in [0.2, 0.25) is 0 Å². The molecule has 2 N–H and O–H groups in total. The second-order valence-electron chi connectivity index (χ2n) is 10.9. The van der Waals surface area contributed by atoms with Crippen LogP contribution in [0.1, 0.15) is 126 Å². The normalized spacial score (nSPS) is 13.3. The summed E-state index contributed by atoms with van der Waals surface area (Å²) in [6.45, 7) is 18.1. The average Bonchev–Trinajstić information content (AvgIpc) is 3.67. The van der Waals surface area contributed by atoms with Crippen molar-refractivity contribution >= 4 is 44.4 Å². The van der Waals surface area contributed by atoms with Gasteiger partial charge in [0.25, 0.3) is 0 Å². The van der Waals surface area contributed by atoms with E-state index in [1.54, 1.807) is 0 Å². The largest absolute Gasteiger partial charge is 0.355 e. The Labute approximate surface area is 261 Å². The minimum absolute atomic E-state index is 0. The molecular formula is C36H46AuN4. The van der Waals surface area contributed by atoms with Crippen molar-refractivity contribution in [2.24, 2.45) is 0 Å². The fourth-order valence-electron chi connectivity index (χ4n) is 7.10. The Bertz CT molecular complexity index is 1560. The van der Waals surface area contributed by atoms with Gasteiger partial charge < -0.3 is 9.97 Å². The van der Waals surface area contributed by atoms with E-state index in [4.69, 9.17) is 9.97 Å². The van der Waals surface area contributed by atoms with Crippen LogP contribution in [0.25, 0.3) is 44.4 Å². The van der Waals surface area contributed by atoms with Crippen LogP contribution in [0.3, 0.4) is 0 Å². The van der Waals surface area contributed by atoms with E-state index in [0.29, 0.717) is 0 Å².